The van der Waals surface area contributed by atoms with Gasteiger partial charge in [-0.3, -0.25) is 14.5 Å². The van der Waals surface area contributed by atoms with Crippen LogP contribution in [0.3, 0.4) is 0 Å². The van der Waals surface area contributed by atoms with Crippen molar-refractivity contribution in [2.75, 3.05) is 23.0 Å². The zero-order valence-electron chi connectivity index (χ0n) is 15.6. The summed E-state index contributed by atoms with van der Waals surface area (Å²) >= 11 is 4.26. The van der Waals surface area contributed by atoms with Crippen molar-refractivity contribution in [2.45, 2.75) is 24.4 Å². The molecule has 1 aromatic rings. The Kier molecular flexibility index (Phi) is 5.79. The summed E-state index contributed by atoms with van der Waals surface area (Å²) in [4.78, 5) is 47.2. The quantitative estimate of drug-likeness (QED) is 0.236. The van der Waals surface area contributed by atoms with Gasteiger partial charge in [0.05, 0.1) is 0 Å². The molecule has 4 rings (SSSR count). The maximum Gasteiger partial charge on any atom is 0.512 e. The van der Waals surface area contributed by atoms with Crippen molar-refractivity contribution in [1.29, 1.82) is 0 Å². The van der Waals surface area contributed by atoms with Gasteiger partial charge in [-0.15, -0.1) is 23.1 Å². The molecule has 0 aliphatic carbocycles. The molecule has 0 bridgehead atoms. The summed E-state index contributed by atoms with van der Waals surface area (Å²) < 4.78 is 4.77. The Hall–Kier alpha value is -2.45. The van der Waals surface area contributed by atoms with Crippen LogP contribution in [-0.4, -0.2) is 73.5 Å². The molecule has 3 aliphatic heterocycles. The van der Waals surface area contributed by atoms with Gasteiger partial charge in [0, 0.05) is 22.6 Å². The van der Waals surface area contributed by atoms with Crippen LogP contribution in [0.2, 0.25) is 0 Å². The lowest BCUT2D eigenvalue weighted by Gasteiger charge is -2.48. The number of nitrogen functional groups attached to an aromatic ring is 1. The van der Waals surface area contributed by atoms with Crippen molar-refractivity contribution >= 4 is 63.7 Å². The first-order valence-corrected chi connectivity index (χ1v) is 11.8. The fourth-order valence-corrected chi connectivity index (χ4v) is 5.26. The molecule has 2 saturated heterocycles. The molecule has 14 heteroatoms. The standard InChI is InChI=1S/C16H17N5O6S3/c1-6-2-29-14-10(12(23)21(14)13(6)26-16(24)25)19-11(22)9(8-5-30-15(17)18-8)20-27-7-3-28-4-7/h5,7,10,14H,2-4H2,1H3,(H2,17,18)(H,19,22)(H,24,25)/t10?,14-/m0/s1. The number of nitrogens with zero attached hydrogens (tertiary/aromatic N) is 3. The van der Waals surface area contributed by atoms with Crippen molar-refractivity contribution in [2.24, 2.45) is 5.16 Å². The number of rotatable bonds is 6. The van der Waals surface area contributed by atoms with E-state index in [2.05, 4.69) is 15.5 Å². The number of amides is 2. The molecule has 11 nitrogen and oxygen atoms in total. The number of carbonyl (C=O) groups is 3. The molecule has 0 spiro atoms. The topological polar surface area (TPSA) is 156 Å². The van der Waals surface area contributed by atoms with Gasteiger partial charge in [-0.1, -0.05) is 5.16 Å². The van der Waals surface area contributed by atoms with Gasteiger partial charge >= 0.3 is 6.16 Å². The molecule has 0 radical (unpaired) electrons. The molecule has 4 heterocycles. The second-order valence-electron chi connectivity index (χ2n) is 6.59. The zero-order chi connectivity index (χ0) is 21.4. The fourth-order valence-electron chi connectivity index (χ4n) is 2.89. The maximum atomic E-state index is 12.9. The van der Waals surface area contributed by atoms with Gasteiger partial charge in [0.2, 0.25) is 5.88 Å². The molecule has 0 saturated carbocycles. The monoisotopic (exact) mass is 471 g/mol. The third kappa shape index (κ3) is 3.94. The highest BCUT2D eigenvalue weighted by Crippen LogP contribution is 2.40. The summed E-state index contributed by atoms with van der Waals surface area (Å²) in [6.07, 6.45) is -1.58. The molecule has 1 aromatic heterocycles. The number of thiazole rings is 1. The lowest BCUT2D eigenvalue weighted by Crippen LogP contribution is -2.70. The zero-order valence-corrected chi connectivity index (χ0v) is 18.0. The summed E-state index contributed by atoms with van der Waals surface area (Å²) in [6, 6.07) is -0.858. The number of hydrogen-bond acceptors (Lipinski definition) is 11. The number of carboxylic acid groups (broad SMARTS) is 1. The van der Waals surface area contributed by atoms with Crippen LogP contribution in [0.5, 0.6) is 0 Å². The third-order valence-electron chi connectivity index (χ3n) is 4.45. The Morgan fingerprint density at radius 2 is 2.20 bits per heavy atom. The predicted octanol–water partition coefficient (Wildman–Crippen LogP) is 0.887. The number of nitrogens with one attached hydrogen (secondary N) is 1. The van der Waals surface area contributed by atoms with Gasteiger partial charge in [0.1, 0.15) is 23.2 Å². The summed E-state index contributed by atoms with van der Waals surface area (Å²) in [5, 5.41) is 16.9. The molecular formula is C16H17N5O6S3. The van der Waals surface area contributed by atoms with E-state index >= 15 is 0 Å². The van der Waals surface area contributed by atoms with Crippen LogP contribution in [0.1, 0.15) is 12.6 Å². The molecule has 160 valence electrons. The first-order valence-electron chi connectivity index (χ1n) is 8.74. The predicted molar refractivity (Wildman–Crippen MR) is 112 cm³/mol. The highest BCUT2D eigenvalue weighted by atomic mass is 32.2. The Morgan fingerprint density at radius 1 is 1.43 bits per heavy atom. The number of thioether (sulfide) groups is 2. The SMILES string of the molecule is CC1=C(OC(=O)O)N2C(=O)C(NC(=O)C(=NOC3CSC3)c3csc(N)n3)[C@@H]2SC1. The van der Waals surface area contributed by atoms with Crippen LogP contribution >= 0.6 is 34.9 Å². The number of carbonyl (C=O) groups excluding carboxylic acids is 2. The average Bonchev–Trinajstić information content (AvgIpc) is 3.08. The Balaban J connectivity index is 1.49. The first kappa shape index (κ1) is 20.8. The molecule has 1 unspecified atom stereocenters. The number of nitrogens with two attached hydrogens (primary N) is 1. The van der Waals surface area contributed by atoms with E-state index in [4.69, 9.17) is 20.4 Å². The van der Waals surface area contributed by atoms with Crippen LogP contribution in [0.15, 0.2) is 22.0 Å². The molecule has 2 amide bonds. The van der Waals surface area contributed by atoms with Crippen molar-refractivity contribution in [3.63, 3.8) is 0 Å². The highest BCUT2D eigenvalue weighted by molar-refractivity contribution is 8.00. The van der Waals surface area contributed by atoms with Gasteiger partial charge in [0.15, 0.2) is 10.8 Å². The minimum Gasteiger partial charge on any atom is -0.449 e. The summed E-state index contributed by atoms with van der Waals surface area (Å²) in [5.41, 5.74) is 6.49. The van der Waals surface area contributed by atoms with E-state index in [-0.39, 0.29) is 28.5 Å². The highest BCUT2D eigenvalue weighted by Gasteiger charge is 2.54. The number of hydrogen-bond donors (Lipinski definition) is 3. The molecule has 2 atom stereocenters. The number of aromatic nitrogens is 1. The first-order chi connectivity index (χ1) is 14.3. The summed E-state index contributed by atoms with van der Waals surface area (Å²) in [5.74, 6) is 0.931. The average molecular weight is 472 g/mol. The second-order valence-corrected chi connectivity index (χ2v) is 9.66. The normalized spacial score (nSPS) is 24.0. The molecule has 0 aromatic carbocycles. The van der Waals surface area contributed by atoms with Crippen LogP contribution in [0.25, 0.3) is 0 Å². The van der Waals surface area contributed by atoms with Crippen molar-refractivity contribution in [1.82, 2.24) is 15.2 Å². The van der Waals surface area contributed by atoms with E-state index in [1.54, 1.807) is 24.1 Å². The van der Waals surface area contributed by atoms with Gasteiger partial charge in [-0.2, -0.15) is 11.8 Å². The van der Waals surface area contributed by atoms with E-state index in [0.717, 1.165) is 22.8 Å². The minimum atomic E-state index is -1.50. The van der Waals surface area contributed by atoms with Crippen molar-refractivity contribution in [3.8, 4) is 0 Å². The second kappa shape index (κ2) is 8.35. The van der Waals surface area contributed by atoms with E-state index in [0.29, 0.717) is 11.3 Å². The molecular weight excluding hydrogens is 454 g/mol. The Bertz CT molecular complexity index is 959. The molecule has 3 aliphatic rings. The van der Waals surface area contributed by atoms with Gasteiger partial charge in [0.25, 0.3) is 11.8 Å². The lowest BCUT2D eigenvalue weighted by molar-refractivity contribution is -0.148. The fraction of sp³-hybridized carbons (Fsp3) is 0.438. The smallest absolute Gasteiger partial charge is 0.449 e. The van der Waals surface area contributed by atoms with Gasteiger partial charge in [-0.05, 0) is 12.5 Å². The van der Waals surface area contributed by atoms with Crippen LogP contribution < -0.4 is 11.1 Å². The molecule has 2 fully saturated rings. The lowest BCUT2D eigenvalue weighted by atomic mass is 10.1. The number of oxime groups is 1. The van der Waals surface area contributed by atoms with Crippen molar-refractivity contribution in [3.05, 3.63) is 22.5 Å². The Labute approximate surface area is 183 Å². The van der Waals surface area contributed by atoms with E-state index < -0.39 is 29.4 Å². The van der Waals surface area contributed by atoms with Crippen molar-refractivity contribution < 1.29 is 29.1 Å². The van der Waals surface area contributed by atoms with Gasteiger partial charge in [-0.25, -0.2) is 9.78 Å². The van der Waals surface area contributed by atoms with Crippen LogP contribution in [0, 0.1) is 0 Å². The number of fused-ring (bicyclic) bond motifs is 1. The van der Waals surface area contributed by atoms with E-state index in [9.17, 15) is 14.4 Å². The summed E-state index contributed by atoms with van der Waals surface area (Å²) in [6.45, 7) is 1.69. The van der Waals surface area contributed by atoms with E-state index in [1.807, 2.05) is 0 Å². The molecule has 30 heavy (non-hydrogen) atoms. The van der Waals surface area contributed by atoms with E-state index in [1.165, 1.54) is 16.7 Å². The maximum absolute atomic E-state index is 12.9. The number of ether oxygens (including phenoxy) is 1. The Morgan fingerprint density at radius 3 is 2.80 bits per heavy atom. The molecule has 4 N–H and O–H groups in total. The largest absolute Gasteiger partial charge is 0.512 e. The summed E-state index contributed by atoms with van der Waals surface area (Å²) in [7, 11) is 0. The van der Waals surface area contributed by atoms with Crippen LogP contribution in [-0.2, 0) is 19.2 Å². The number of β-lactam (4-membered cyclic amide) rings is 1. The van der Waals surface area contributed by atoms with Crippen LogP contribution in [0.4, 0.5) is 9.93 Å². The number of anilines is 1. The third-order valence-corrected chi connectivity index (χ3v) is 7.76. The van der Waals surface area contributed by atoms with Gasteiger partial charge < -0.3 is 25.7 Å². The minimum absolute atomic E-state index is 0.00580.